The standard InChI is InChI=1S/C25H20N2O6/c1-33-19-4-2-3-17(14-19)22-21(23(30)16-9-11-26-12-10-16)24(31)25(32)27(22)18-7-5-15(6-8-18)13-20(28)29/h2-12,14,22,30H,13H2,1H3,(H,28,29)/b23-21-. The molecular formula is C25H20N2O6. The van der Waals surface area contributed by atoms with Crippen LogP contribution >= 0.6 is 0 Å². The number of benzene rings is 2. The summed E-state index contributed by atoms with van der Waals surface area (Å²) < 4.78 is 5.31. The minimum Gasteiger partial charge on any atom is -0.507 e. The number of aliphatic hydroxyl groups excluding tert-OH is 1. The number of ketones is 1. The van der Waals surface area contributed by atoms with Crippen LogP contribution in [0.15, 0.2) is 78.6 Å². The lowest BCUT2D eigenvalue weighted by molar-refractivity contribution is -0.136. The summed E-state index contributed by atoms with van der Waals surface area (Å²) in [7, 11) is 1.51. The van der Waals surface area contributed by atoms with Gasteiger partial charge >= 0.3 is 5.97 Å². The molecule has 2 N–H and O–H groups in total. The highest BCUT2D eigenvalue weighted by molar-refractivity contribution is 6.51. The number of amides is 1. The summed E-state index contributed by atoms with van der Waals surface area (Å²) in [5.74, 6) is -2.39. The van der Waals surface area contributed by atoms with E-state index < -0.39 is 23.7 Å². The van der Waals surface area contributed by atoms with Crippen molar-refractivity contribution < 1.29 is 29.3 Å². The highest BCUT2D eigenvalue weighted by atomic mass is 16.5. The molecule has 2 heterocycles. The molecule has 1 saturated heterocycles. The molecule has 1 atom stereocenters. The molecule has 0 radical (unpaired) electrons. The lowest BCUT2D eigenvalue weighted by atomic mass is 9.95. The second kappa shape index (κ2) is 8.96. The number of anilines is 1. The summed E-state index contributed by atoms with van der Waals surface area (Å²) in [6.07, 6.45) is 2.79. The zero-order valence-electron chi connectivity index (χ0n) is 17.6. The average molecular weight is 444 g/mol. The number of carbonyl (C=O) groups is 3. The van der Waals surface area contributed by atoms with E-state index in [1.807, 2.05) is 0 Å². The highest BCUT2D eigenvalue weighted by Crippen LogP contribution is 2.42. The molecule has 33 heavy (non-hydrogen) atoms. The Kier molecular flexibility index (Phi) is 5.91. The first-order valence-corrected chi connectivity index (χ1v) is 10.1. The van der Waals surface area contributed by atoms with E-state index in [0.29, 0.717) is 28.1 Å². The van der Waals surface area contributed by atoms with Crippen LogP contribution in [0, 0.1) is 0 Å². The third-order valence-electron chi connectivity index (χ3n) is 5.38. The van der Waals surface area contributed by atoms with Gasteiger partial charge in [0.1, 0.15) is 11.5 Å². The zero-order chi connectivity index (χ0) is 23.5. The van der Waals surface area contributed by atoms with Crippen molar-refractivity contribution in [2.24, 2.45) is 0 Å². The number of aliphatic carboxylic acids is 1. The van der Waals surface area contributed by atoms with E-state index >= 15 is 0 Å². The monoisotopic (exact) mass is 444 g/mol. The molecule has 3 aromatic rings. The summed E-state index contributed by atoms with van der Waals surface area (Å²) in [4.78, 5) is 42.5. The quantitative estimate of drug-likeness (QED) is 0.340. The molecule has 0 bridgehead atoms. The fourth-order valence-electron chi connectivity index (χ4n) is 3.84. The lowest BCUT2D eigenvalue weighted by Gasteiger charge is -2.26. The average Bonchev–Trinajstić information content (AvgIpc) is 3.10. The Hall–Kier alpha value is -4.46. The van der Waals surface area contributed by atoms with Crippen LogP contribution in [0.5, 0.6) is 5.75 Å². The molecule has 1 aliphatic heterocycles. The van der Waals surface area contributed by atoms with Crippen molar-refractivity contribution in [2.75, 3.05) is 12.0 Å². The smallest absolute Gasteiger partial charge is 0.307 e. The third-order valence-corrected chi connectivity index (χ3v) is 5.38. The van der Waals surface area contributed by atoms with Crippen LogP contribution in [-0.4, -0.2) is 40.0 Å². The molecule has 1 fully saturated rings. The van der Waals surface area contributed by atoms with Crippen molar-refractivity contribution in [1.29, 1.82) is 0 Å². The van der Waals surface area contributed by atoms with E-state index in [9.17, 15) is 19.5 Å². The van der Waals surface area contributed by atoms with Crippen molar-refractivity contribution in [1.82, 2.24) is 4.98 Å². The van der Waals surface area contributed by atoms with Gasteiger partial charge in [-0.2, -0.15) is 0 Å². The number of ether oxygens (including phenoxy) is 1. The number of nitrogens with zero attached hydrogens (tertiary/aromatic N) is 2. The predicted octanol–water partition coefficient (Wildman–Crippen LogP) is 3.34. The second-order valence-corrected chi connectivity index (χ2v) is 7.42. The van der Waals surface area contributed by atoms with Gasteiger partial charge in [0.05, 0.1) is 25.1 Å². The van der Waals surface area contributed by atoms with Crippen molar-refractivity contribution in [3.8, 4) is 5.75 Å². The van der Waals surface area contributed by atoms with Gasteiger partial charge in [-0.1, -0.05) is 24.3 Å². The Balaban J connectivity index is 1.88. The number of Topliss-reactive ketones (excluding diaryl/α,β-unsaturated/α-hetero) is 1. The Labute approximate surface area is 189 Å². The summed E-state index contributed by atoms with van der Waals surface area (Å²) in [6, 6.07) is 15.4. The number of carboxylic acid groups (broad SMARTS) is 1. The lowest BCUT2D eigenvalue weighted by Crippen LogP contribution is -2.29. The number of rotatable bonds is 6. The SMILES string of the molecule is COc1cccc(C2/C(=C(/O)c3ccncc3)C(=O)C(=O)N2c2ccc(CC(=O)O)cc2)c1. The van der Waals surface area contributed by atoms with Gasteiger partial charge in [-0.15, -0.1) is 0 Å². The topological polar surface area (TPSA) is 117 Å². The van der Waals surface area contributed by atoms with Gasteiger partial charge in [0, 0.05) is 23.6 Å². The molecule has 0 spiro atoms. The molecule has 8 heteroatoms. The summed E-state index contributed by atoms with van der Waals surface area (Å²) in [6.45, 7) is 0. The first-order chi connectivity index (χ1) is 15.9. The molecule has 1 unspecified atom stereocenters. The first-order valence-electron chi connectivity index (χ1n) is 10.1. The minimum atomic E-state index is -0.975. The number of hydrogen-bond donors (Lipinski definition) is 2. The van der Waals surface area contributed by atoms with Crippen molar-refractivity contribution in [2.45, 2.75) is 12.5 Å². The normalized spacial score (nSPS) is 17.2. The molecule has 1 aromatic heterocycles. The van der Waals surface area contributed by atoms with E-state index in [4.69, 9.17) is 9.84 Å². The van der Waals surface area contributed by atoms with Crippen LogP contribution in [0.2, 0.25) is 0 Å². The Morgan fingerprint density at radius 3 is 2.36 bits per heavy atom. The molecule has 0 aliphatic carbocycles. The number of pyridine rings is 1. The Bertz CT molecular complexity index is 1250. The number of carboxylic acids is 1. The summed E-state index contributed by atoms with van der Waals surface area (Å²) in [5.41, 5.74) is 1.81. The van der Waals surface area contributed by atoms with Gasteiger partial charge in [0.25, 0.3) is 11.7 Å². The molecule has 1 aliphatic rings. The molecule has 0 saturated carbocycles. The number of carbonyl (C=O) groups excluding carboxylic acids is 2. The van der Waals surface area contributed by atoms with E-state index in [-0.39, 0.29) is 17.8 Å². The fourth-order valence-corrected chi connectivity index (χ4v) is 3.84. The van der Waals surface area contributed by atoms with Gasteiger partial charge in [0.15, 0.2) is 0 Å². The maximum atomic E-state index is 13.1. The molecular weight excluding hydrogens is 424 g/mol. The fraction of sp³-hybridized carbons (Fsp3) is 0.120. The minimum absolute atomic E-state index is 0.0611. The highest BCUT2D eigenvalue weighted by Gasteiger charge is 2.47. The molecule has 2 aromatic carbocycles. The van der Waals surface area contributed by atoms with Gasteiger partial charge in [-0.05, 0) is 47.5 Å². The number of aromatic nitrogens is 1. The van der Waals surface area contributed by atoms with E-state index in [2.05, 4.69) is 4.98 Å². The molecule has 1 amide bonds. The number of methoxy groups -OCH3 is 1. The van der Waals surface area contributed by atoms with E-state index in [0.717, 1.165) is 0 Å². The van der Waals surface area contributed by atoms with Crippen molar-refractivity contribution in [3.05, 3.63) is 95.3 Å². The van der Waals surface area contributed by atoms with Gasteiger partial charge in [-0.25, -0.2) is 0 Å². The van der Waals surface area contributed by atoms with Gasteiger partial charge in [0.2, 0.25) is 0 Å². The summed E-state index contributed by atoms with van der Waals surface area (Å²) in [5, 5.41) is 20.0. The van der Waals surface area contributed by atoms with Crippen LogP contribution in [0.1, 0.15) is 22.7 Å². The van der Waals surface area contributed by atoms with E-state index in [1.54, 1.807) is 60.7 Å². The van der Waals surface area contributed by atoms with Crippen molar-refractivity contribution in [3.63, 3.8) is 0 Å². The number of hydrogen-bond acceptors (Lipinski definition) is 6. The third kappa shape index (κ3) is 4.18. The van der Waals surface area contributed by atoms with E-state index in [1.165, 1.54) is 24.4 Å². The largest absolute Gasteiger partial charge is 0.507 e. The van der Waals surface area contributed by atoms with Crippen LogP contribution < -0.4 is 9.64 Å². The molecule has 4 rings (SSSR count). The van der Waals surface area contributed by atoms with Crippen LogP contribution in [0.4, 0.5) is 5.69 Å². The first kappa shape index (κ1) is 21.8. The second-order valence-electron chi connectivity index (χ2n) is 7.42. The van der Waals surface area contributed by atoms with Crippen LogP contribution in [0.25, 0.3) is 5.76 Å². The van der Waals surface area contributed by atoms with Crippen LogP contribution in [-0.2, 0) is 20.8 Å². The molecule has 8 nitrogen and oxygen atoms in total. The zero-order valence-corrected chi connectivity index (χ0v) is 17.6. The number of aliphatic hydroxyl groups is 1. The van der Waals surface area contributed by atoms with Crippen LogP contribution in [0.3, 0.4) is 0 Å². The van der Waals surface area contributed by atoms with Crippen molar-refractivity contribution >= 4 is 29.1 Å². The predicted molar refractivity (Wildman–Crippen MR) is 120 cm³/mol. The Morgan fingerprint density at radius 1 is 1.03 bits per heavy atom. The maximum absolute atomic E-state index is 13.1. The Morgan fingerprint density at radius 2 is 1.73 bits per heavy atom. The van der Waals surface area contributed by atoms with Gasteiger partial charge in [-0.3, -0.25) is 24.3 Å². The maximum Gasteiger partial charge on any atom is 0.307 e. The van der Waals surface area contributed by atoms with Gasteiger partial charge < -0.3 is 14.9 Å². The summed E-state index contributed by atoms with van der Waals surface area (Å²) >= 11 is 0. The molecule has 166 valence electrons.